The second-order valence-electron chi connectivity index (χ2n) is 7.88. The summed E-state index contributed by atoms with van der Waals surface area (Å²) in [7, 11) is -1.49. The second-order valence-corrected chi connectivity index (χ2v) is 9.36. The van der Waals surface area contributed by atoms with Crippen LogP contribution in [0.3, 0.4) is 0 Å². The van der Waals surface area contributed by atoms with Gasteiger partial charge in [-0.3, -0.25) is 19.2 Å². The van der Waals surface area contributed by atoms with Crippen LogP contribution < -0.4 is 5.32 Å². The molecule has 0 saturated carbocycles. The van der Waals surface area contributed by atoms with Gasteiger partial charge in [-0.15, -0.1) is 0 Å². The molecule has 0 radical (unpaired) electrons. The molecule has 1 aliphatic heterocycles. The first-order valence-electron chi connectivity index (χ1n) is 10.8. The number of rotatable bonds is 9. The molecule has 1 aliphatic rings. The number of carbonyl (C=O) groups is 4. The van der Waals surface area contributed by atoms with Crippen molar-refractivity contribution in [1.82, 2.24) is 10.2 Å². The van der Waals surface area contributed by atoms with E-state index in [2.05, 4.69) is 5.32 Å². The highest BCUT2D eigenvalue weighted by atomic mass is 32.2. The van der Waals surface area contributed by atoms with Gasteiger partial charge in [0.15, 0.2) is 5.78 Å². The predicted octanol–water partition coefficient (Wildman–Crippen LogP) is 2.35. The Balaban J connectivity index is 1.80. The van der Waals surface area contributed by atoms with Crippen molar-refractivity contribution < 1.29 is 32.9 Å². The first-order chi connectivity index (χ1) is 16.3. The van der Waals surface area contributed by atoms with Crippen LogP contribution in [0.15, 0.2) is 64.4 Å². The number of alkyl halides is 1. The van der Waals surface area contributed by atoms with Gasteiger partial charge in [0.1, 0.15) is 18.8 Å². The largest absolute Gasteiger partial charge is 0.481 e. The van der Waals surface area contributed by atoms with E-state index in [0.29, 0.717) is 29.1 Å². The van der Waals surface area contributed by atoms with Crippen molar-refractivity contribution in [3.8, 4) is 0 Å². The van der Waals surface area contributed by atoms with Crippen molar-refractivity contribution in [2.45, 2.75) is 47.6 Å². The Bertz CT molecular complexity index is 1090. The van der Waals surface area contributed by atoms with Gasteiger partial charge in [-0.05, 0) is 49.6 Å². The molecule has 3 atom stereocenters. The third kappa shape index (κ3) is 6.13. The van der Waals surface area contributed by atoms with Crippen LogP contribution >= 0.6 is 0 Å². The van der Waals surface area contributed by atoms with Crippen molar-refractivity contribution in [2.75, 3.05) is 13.2 Å². The number of Topliss-reactive ketones (excluding diaryl/α,β-unsaturated/α-hetero) is 1. The summed E-state index contributed by atoms with van der Waals surface area (Å²) < 4.78 is 25.7. The van der Waals surface area contributed by atoms with Crippen LogP contribution in [0.1, 0.15) is 36.0 Å². The summed E-state index contributed by atoms with van der Waals surface area (Å²) in [6.07, 6.45) is 0.882. The van der Waals surface area contributed by atoms with Crippen LogP contribution in [-0.2, 0) is 25.2 Å². The van der Waals surface area contributed by atoms with Crippen molar-refractivity contribution in [3.63, 3.8) is 0 Å². The minimum Gasteiger partial charge on any atom is -0.481 e. The Morgan fingerprint density at radius 3 is 2.44 bits per heavy atom. The number of nitrogens with one attached hydrogen (secondary N) is 1. The van der Waals surface area contributed by atoms with E-state index >= 15 is 0 Å². The molecule has 0 spiro atoms. The van der Waals surface area contributed by atoms with Gasteiger partial charge in [0.05, 0.1) is 17.2 Å². The number of piperidine rings is 1. The molecule has 2 aromatic rings. The highest BCUT2D eigenvalue weighted by Gasteiger charge is 2.35. The standard InChI is InChI=1S/C24H25FN2O6S/c25-15-21(28)19(14-22(29)30)26-23(31)20-11-4-5-12-27(20)24(32)16-7-6-10-18(13-16)34(33)17-8-2-1-3-9-17/h1-3,6-10,13,19-20H,4-5,11-12,14-15H2,(H,26,31)(H,29,30)/t19?,20-,34?/m0/s1. The molecule has 1 heterocycles. The number of amides is 2. The number of aliphatic carboxylic acids is 1. The van der Waals surface area contributed by atoms with Crippen LogP contribution in [0.5, 0.6) is 0 Å². The summed E-state index contributed by atoms with van der Waals surface area (Å²) >= 11 is 0. The molecule has 34 heavy (non-hydrogen) atoms. The lowest BCUT2D eigenvalue weighted by atomic mass is 9.99. The summed E-state index contributed by atoms with van der Waals surface area (Å²) in [4.78, 5) is 51.4. The molecule has 1 fully saturated rings. The average Bonchev–Trinajstić information content (AvgIpc) is 2.87. The number of carbonyl (C=O) groups excluding carboxylic acids is 3. The van der Waals surface area contributed by atoms with Gasteiger partial charge in [-0.1, -0.05) is 24.3 Å². The van der Waals surface area contributed by atoms with Crippen LogP contribution in [0, 0.1) is 0 Å². The normalized spacial score (nSPS) is 17.4. The molecule has 2 unspecified atom stereocenters. The van der Waals surface area contributed by atoms with E-state index in [9.17, 15) is 27.8 Å². The molecule has 2 N–H and O–H groups in total. The number of ketones is 1. The number of nitrogens with zero attached hydrogens (tertiary/aromatic N) is 1. The van der Waals surface area contributed by atoms with E-state index in [0.717, 1.165) is 0 Å². The van der Waals surface area contributed by atoms with Gasteiger partial charge in [0.2, 0.25) is 5.91 Å². The number of carboxylic acid groups (broad SMARTS) is 1. The topological polar surface area (TPSA) is 121 Å². The molecule has 1 saturated heterocycles. The molecular weight excluding hydrogens is 463 g/mol. The fourth-order valence-electron chi connectivity index (χ4n) is 3.82. The molecule has 10 heteroatoms. The summed E-state index contributed by atoms with van der Waals surface area (Å²) in [6, 6.07) is 12.7. The summed E-state index contributed by atoms with van der Waals surface area (Å²) in [6.45, 7) is -1.12. The molecule has 0 aliphatic carbocycles. The van der Waals surface area contributed by atoms with Crippen LogP contribution in [0.4, 0.5) is 4.39 Å². The Kier molecular flexibility index (Phi) is 8.64. The van der Waals surface area contributed by atoms with Gasteiger partial charge in [-0.2, -0.15) is 0 Å². The number of likely N-dealkylation sites (tertiary alicyclic amines) is 1. The van der Waals surface area contributed by atoms with E-state index in [4.69, 9.17) is 5.11 Å². The van der Waals surface area contributed by atoms with E-state index in [1.54, 1.807) is 42.5 Å². The Labute approximate surface area is 198 Å². The van der Waals surface area contributed by atoms with Crippen LogP contribution in [0.2, 0.25) is 0 Å². The average molecular weight is 489 g/mol. The van der Waals surface area contributed by atoms with Crippen LogP contribution in [0.25, 0.3) is 0 Å². The summed E-state index contributed by atoms with van der Waals surface area (Å²) in [5.74, 6) is -3.55. The molecule has 2 aromatic carbocycles. The zero-order valence-electron chi connectivity index (χ0n) is 18.3. The van der Waals surface area contributed by atoms with Crippen molar-refractivity contribution >= 4 is 34.4 Å². The third-order valence-corrected chi connectivity index (χ3v) is 6.92. The quantitative estimate of drug-likeness (QED) is 0.559. The molecule has 180 valence electrons. The lowest BCUT2D eigenvalue weighted by Gasteiger charge is -2.35. The van der Waals surface area contributed by atoms with Crippen molar-refractivity contribution in [2.24, 2.45) is 0 Å². The first kappa shape index (κ1) is 25.2. The van der Waals surface area contributed by atoms with Crippen molar-refractivity contribution in [3.05, 3.63) is 60.2 Å². The van der Waals surface area contributed by atoms with Gasteiger partial charge < -0.3 is 15.3 Å². The number of benzene rings is 2. The molecule has 0 bridgehead atoms. The van der Waals surface area contributed by atoms with E-state index in [1.807, 2.05) is 6.07 Å². The zero-order chi connectivity index (χ0) is 24.7. The SMILES string of the molecule is O=C(O)CC(NC(=O)[C@@H]1CCCCN1C(=O)c1cccc(S(=O)c2ccccc2)c1)C(=O)CF. The predicted molar refractivity (Wildman–Crippen MR) is 121 cm³/mol. The second kappa shape index (κ2) is 11.6. The lowest BCUT2D eigenvalue weighted by Crippen LogP contribution is -2.55. The number of hydrogen-bond donors (Lipinski definition) is 2. The van der Waals surface area contributed by atoms with Crippen molar-refractivity contribution in [1.29, 1.82) is 0 Å². The smallest absolute Gasteiger partial charge is 0.305 e. The highest BCUT2D eigenvalue weighted by molar-refractivity contribution is 7.85. The van der Waals surface area contributed by atoms with Gasteiger partial charge in [0, 0.05) is 21.9 Å². The maximum absolute atomic E-state index is 13.3. The third-order valence-electron chi connectivity index (χ3n) is 5.53. The summed E-state index contributed by atoms with van der Waals surface area (Å²) in [5, 5.41) is 11.3. The molecule has 2 amide bonds. The summed E-state index contributed by atoms with van der Waals surface area (Å²) in [5.41, 5.74) is 0.253. The van der Waals surface area contributed by atoms with Crippen LogP contribution in [-0.4, -0.2) is 63.1 Å². The fraction of sp³-hybridized carbons (Fsp3) is 0.333. The van der Waals surface area contributed by atoms with E-state index < -0.39 is 59.5 Å². The minimum absolute atomic E-state index is 0.253. The molecule has 3 rings (SSSR count). The fourth-order valence-corrected chi connectivity index (χ4v) is 4.93. The van der Waals surface area contributed by atoms with E-state index in [1.165, 1.54) is 11.0 Å². The lowest BCUT2D eigenvalue weighted by molar-refractivity contribution is -0.140. The Morgan fingerprint density at radius 2 is 1.76 bits per heavy atom. The maximum atomic E-state index is 13.3. The molecular formula is C24H25FN2O6S. The zero-order valence-corrected chi connectivity index (χ0v) is 19.1. The Morgan fingerprint density at radius 1 is 1.06 bits per heavy atom. The van der Waals surface area contributed by atoms with E-state index in [-0.39, 0.29) is 12.1 Å². The first-order valence-corrected chi connectivity index (χ1v) is 12.0. The van der Waals surface area contributed by atoms with Gasteiger partial charge >= 0.3 is 5.97 Å². The van der Waals surface area contributed by atoms with Gasteiger partial charge in [-0.25, -0.2) is 8.60 Å². The Hall–Kier alpha value is -3.40. The maximum Gasteiger partial charge on any atom is 0.305 e. The monoisotopic (exact) mass is 488 g/mol. The number of carboxylic acids is 1. The molecule has 0 aromatic heterocycles. The number of halogens is 1. The molecule has 8 nitrogen and oxygen atoms in total. The highest BCUT2D eigenvalue weighted by Crippen LogP contribution is 2.23. The number of hydrogen-bond acceptors (Lipinski definition) is 5. The minimum atomic E-state index is -1.51. The van der Waals surface area contributed by atoms with Gasteiger partial charge in [0.25, 0.3) is 5.91 Å².